The molecule has 0 bridgehead atoms. The molecule has 0 aromatic heterocycles. The van der Waals surface area contributed by atoms with E-state index in [9.17, 15) is 17.6 Å². The summed E-state index contributed by atoms with van der Waals surface area (Å²) in [6.07, 6.45) is 0. The van der Waals surface area contributed by atoms with Crippen LogP contribution >= 0.6 is 11.8 Å². The summed E-state index contributed by atoms with van der Waals surface area (Å²) in [6, 6.07) is 27.8. The van der Waals surface area contributed by atoms with E-state index in [0.29, 0.717) is 16.8 Å². The Morgan fingerprint density at radius 2 is 1.57 bits per heavy atom. The summed E-state index contributed by atoms with van der Waals surface area (Å²) >= 11 is 1.72. The highest BCUT2D eigenvalue weighted by Crippen LogP contribution is 2.43. The van der Waals surface area contributed by atoms with Crippen molar-refractivity contribution in [2.75, 3.05) is 16.2 Å². The minimum atomic E-state index is -3.99. The van der Waals surface area contributed by atoms with Crippen LogP contribution in [0, 0.1) is 5.82 Å². The Balaban J connectivity index is 1.32. The van der Waals surface area contributed by atoms with Crippen molar-refractivity contribution in [3.05, 3.63) is 108 Å². The molecule has 0 atom stereocenters. The third kappa shape index (κ3) is 4.80. The number of carbonyl (C=O) groups excluding carboxylic acids is 1. The van der Waals surface area contributed by atoms with E-state index in [1.54, 1.807) is 42.1 Å². The summed E-state index contributed by atoms with van der Waals surface area (Å²) in [5.41, 5.74) is 2.79. The molecule has 0 radical (unpaired) electrons. The Bertz CT molecular complexity index is 1490. The summed E-state index contributed by atoms with van der Waals surface area (Å²) in [7, 11) is -3.99. The van der Waals surface area contributed by atoms with Crippen LogP contribution in [0.1, 0.15) is 5.56 Å². The van der Waals surface area contributed by atoms with E-state index in [0.717, 1.165) is 15.6 Å². The topological polar surface area (TPSA) is 66.5 Å². The lowest BCUT2D eigenvalue weighted by molar-refractivity contribution is -0.114. The maximum atomic E-state index is 14.0. The van der Waals surface area contributed by atoms with E-state index in [1.807, 2.05) is 30.3 Å². The van der Waals surface area contributed by atoms with Gasteiger partial charge in [-0.15, -0.1) is 11.8 Å². The van der Waals surface area contributed by atoms with Crippen LogP contribution < -0.4 is 9.62 Å². The van der Waals surface area contributed by atoms with E-state index in [1.165, 1.54) is 29.2 Å². The van der Waals surface area contributed by atoms with Crippen LogP contribution in [0.25, 0.3) is 11.1 Å². The second kappa shape index (κ2) is 9.56. The fourth-order valence-electron chi connectivity index (χ4n) is 3.97. The molecule has 4 aromatic rings. The summed E-state index contributed by atoms with van der Waals surface area (Å²) in [5.74, 6) is -0.181. The molecule has 0 fully saturated rings. The van der Waals surface area contributed by atoms with Crippen LogP contribution in [0.4, 0.5) is 15.8 Å². The third-order valence-corrected chi connectivity index (χ3v) is 8.55. The number of amides is 1. The molecule has 5 nitrogen and oxygen atoms in total. The fourth-order valence-corrected chi connectivity index (χ4v) is 6.50. The van der Waals surface area contributed by atoms with E-state index in [4.69, 9.17) is 0 Å². The molecule has 1 heterocycles. The van der Waals surface area contributed by atoms with Gasteiger partial charge in [-0.1, -0.05) is 48.5 Å². The molecule has 0 saturated heterocycles. The van der Waals surface area contributed by atoms with Crippen molar-refractivity contribution in [3.63, 3.8) is 0 Å². The Morgan fingerprint density at radius 3 is 2.34 bits per heavy atom. The molecule has 0 spiro atoms. The van der Waals surface area contributed by atoms with Crippen LogP contribution in [0.15, 0.2) is 107 Å². The quantitative estimate of drug-likeness (QED) is 0.331. The van der Waals surface area contributed by atoms with Crippen LogP contribution in [-0.2, 0) is 20.6 Å². The van der Waals surface area contributed by atoms with Crippen molar-refractivity contribution < 1.29 is 17.6 Å². The number of hydrogen-bond donors (Lipinski definition) is 1. The van der Waals surface area contributed by atoms with Gasteiger partial charge in [-0.05, 0) is 54.1 Å². The van der Waals surface area contributed by atoms with Gasteiger partial charge in [0.05, 0.1) is 10.6 Å². The lowest BCUT2D eigenvalue weighted by Gasteiger charge is -2.31. The smallest absolute Gasteiger partial charge is 0.265 e. The van der Waals surface area contributed by atoms with Crippen LogP contribution in [0.5, 0.6) is 0 Å². The lowest BCUT2D eigenvalue weighted by atomic mass is 10.0. The van der Waals surface area contributed by atoms with E-state index in [2.05, 4.69) is 17.4 Å². The van der Waals surface area contributed by atoms with Crippen LogP contribution in [0.2, 0.25) is 0 Å². The maximum Gasteiger partial charge on any atom is 0.265 e. The van der Waals surface area contributed by atoms with Gasteiger partial charge in [0, 0.05) is 27.5 Å². The number of anilines is 2. The van der Waals surface area contributed by atoms with Crippen molar-refractivity contribution >= 4 is 39.1 Å². The zero-order chi connectivity index (χ0) is 24.4. The zero-order valence-corrected chi connectivity index (χ0v) is 20.2. The maximum absolute atomic E-state index is 14.0. The van der Waals surface area contributed by atoms with Crippen LogP contribution in [0.3, 0.4) is 0 Å². The van der Waals surface area contributed by atoms with Crippen molar-refractivity contribution in [1.82, 2.24) is 0 Å². The number of rotatable bonds is 6. The normalized spacial score (nSPS) is 13.6. The van der Waals surface area contributed by atoms with Gasteiger partial charge in [0.1, 0.15) is 12.4 Å². The Labute approximate surface area is 207 Å². The first-order valence-electron chi connectivity index (χ1n) is 10.9. The number of nitrogens with zero attached hydrogens (tertiary/aromatic N) is 1. The largest absolute Gasteiger partial charge is 0.325 e. The predicted octanol–water partition coefficient (Wildman–Crippen LogP) is 5.93. The number of carbonyl (C=O) groups is 1. The number of nitrogens with one attached hydrogen (secondary N) is 1. The van der Waals surface area contributed by atoms with Gasteiger partial charge in [0.25, 0.3) is 10.0 Å². The highest BCUT2D eigenvalue weighted by molar-refractivity contribution is 7.98. The van der Waals surface area contributed by atoms with Crippen molar-refractivity contribution in [1.29, 1.82) is 0 Å². The molecule has 35 heavy (non-hydrogen) atoms. The molecule has 1 aliphatic rings. The van der Waals surface area contributed by atoms with Gasteiger partial charge in [0.15, 0.2) is 0 Å². The first kappa shape index (κ1) is 23.1. The summed E-state index contributed by atoms with van der Waals surface area (Å²) in [5, 5.41) is 2.77. The zero-order valence-electron chi connectivity index (χ0n) is 18.5. The monoisotopic (exact) mass is 504 g/mol. The molecule has 1 N–H and O–H groups in total. The molecule has 0 saturated carbocycles. The number of halogens is 1. The molecule has 0 aliphatic carbocycles. The molecular weight excluding hydrogens is 483 g/mol. The third-order valence-electron chi connectivity index (χ3n) is 5.65. The fraction of sp³-hybridized carbons (Fsp3) is 0.0741. The second-order valence-corrected chi connectivity index (χ2v) is 10.9. The van der Waals surface area contributed by atoms with E-state index >= 15 is 0 Å². The lowest BCUT2D eigenvalue weighted by Crippen LogP contribution is -2.40. The standard InChI is InChI=1S/C27H21FN2O3S2/c28-20-12-15-25-24(16-20)23-8-4-5-9-26(23)35(32,33)30(25)17-27(31)29-21-13-10-19(11-14-21)18-34-22-6-2-1-3-7-22/h1-16H,17-18H2,(H,29,31). The predicted molar refractivity (Wildman–Crippen MR) is 137 cm³/mol. The van der Waals surface area contributed by atoms with Crippen LogP contribution in [-0.4, -0.2) is 20.9 Å². The number of hydrogen-bond acceptors (Lipinski definition) is 4. The molecule has 5 rings (SSSR count). The Morgan fingerprint density at radius 1 is 0.857 bits per heavy atom. The molecular formula is C27H21FN2O3S2. The van der Waals surface area contributed by atoms with E-state index in [-0.39, 0.29) is 10.6 Å². The Kier molecular flexibility index (Phi) is 6.32. The molecule has 4 aromatic carbocycles. The molecule has 1 aliphatic heterocycles. The summed E-state index contributed by atoms with van der Waals surface area (Å²) in [6.45, 7) is -0.430. The van der Waals surface area contributed by atoms with Crippen molar-refractivity contribution in [3.8, 4) is 11.1 Å². The molecule has 1 amide bonds. The summed E-state index contributed by atoms with van der Waals surface area (Å²) in [4.78, 5) is 14.1. The number of thioether (sulfide) groups is 1. The van der Waals surface area contributed by atoms with Crippen molar-refractivity contribution in [2.45, 2.75) is 15.5 Å². The minimum absolute atomic E-state index is 0.0474. The average Bonchev–Trinajstić information content (AvgIpc) is 2.87. The SMILES string of the molecule is O=C(CN1c2ccc(F)cc2-c2ccccc2S1(=O)=O)Nc1ccc(CSc2ccccc2)cc1. The molecule has 176 valence electrons. The molecule has 8 heteroatoms. The number of benzene rings is 4. The first-order valence-corrected chi connectivity index (χ1v) is 13.3. The number of fused-ring (bicyclic) bond motifs is 3. The van der Waals surface area contributed by atoms with Crippen molar-refractivity contribution in [2.24, 2.45) is 0 Å². The Hall–Kier alpha value is -3.62. The van der Waals surface area contributed by atoms with Gasteiger partial charge in [-0.3, -0.25) is 9.10 Å². The highest BCUT2D eigenvalue weighted by atomic mass is 32.2. The van der Waals surface area contributed by atoms with Gasteiger partial charge in [-0.25, -0.2) is 12.8 Å². The first-order chi connectivity index (χ1) is 16.9. The van der Waals surface area contributed by atoms with E-state index < -0.39 is 28.3 Å². The number of sulfonamides is 1. The van der Waals surface area contributed by atoms with Gasteiger partial charge in [-0.2, -0.15) is 0 Å². The van der Waals surface area contributed by atoms with Gasteiger partial charge in [0.2, 0.25) is 5.91 Å². The molecule has 0 unspecified atom stereocenters. The summed E-state index contributed by atoms with van der Waals surface area (Å²) < 4.78 is 41.7. The average molecular weight is 505 g/mol. The van der Waals surface area contributed by atoms with Gasteiger partial charge >= 0.3 is 0 Å². The highest BCUT2D eigenvalue weighted by Gasteiger charge is 2.36. The minimum Gasteiger partial charge on any atom is -0.325 e. The van der Waals surface area contributed by atoms with Gasteiger partial charge < -0.3 is 5.32 Å². The second-order valence-electron chi connectivity index (χ2n) is 8.02.